The highest BCUT2D eigenvalue weighted by Crippen LogP contribution is 2.32. The standard InChI is InChI=1S/C13H13Cl2N3OS/c1-16-11-6-13(18-12(17-11)7-19-2)20-8-3-4-9(14)10(15)5-8/h3-6H,7H2,1-2H3,(H,16,17,18). The van der Waals surface area contributed by atoms with E-state index in [1.54, 1.807) is 13.2 Å². The Morgan fingerprint density at radius 2 is 2.00 bits per heavy atom. The van der Waals surface area contributed by atoms with Crippen LogP contribution in [0.1, 0.15) is 5.82 Å². The molecule has 0 aliphatic heterocycles. The van der Waals surface area contributed by atoms with E-state index in [9.17, 15) is 0 Å². The molecule has 0 saturated carbocycles. The molecule has 0 radical (unpaired) electrons. The Labute approximate surface area is 131 Å². The molecule has 0 aliphatic carbocycles. The lowest BCUT2D eigenvalue weighted by Gasteiger charge is -2.07. The van der Waals surface area contributed by atoms with Crippen LogP contribution in [-0.2, 0) is 11.3 Å². The number of anilines is 1. The molecule has 1 aromatic heterocycles. The molecule has 20 heavy (non-hydrogen) atoms. The normalized spacial score (nSPS) is 10.6. The van der Waals surface area contributed by atoms with Crippen molar-refractivity contribution in [3.63, 3.8) is 0 Å². The van der Waals surface area contributed by atoms with Crippen molar-refractivity contribution in [1.82, 2.24) is 9.97 Å². The Morgan fingerprint density at radius 1 is 1.20 bits per heavy atom. The van der Waals surface area contributed by atoms with E-state index in [2.05, 4.69) is 15.3 Å². The van der Waals surface area contributed by atoms with Crippen molar-refractivity contribution >= 4 is 40.8 Å². The maximum absolute atomic E-state index is 6.01. The number of nitrogens with one attached hydrogen (secondary N) is 1. The SMILES string of the molecule is CNc1cc(Sc2ccc(Cl)c(Cl)c2)nc(COC)n1. The third-order valence-corrected chi connectivity index (χ3v) is 4.04. The molecular weight excluding hydrogens is 317 g/mol. The summed E-state index contributed by atoms with van der Waals surface area (Å²) in [6.45, 7) is 0.366. The van der Waals surface area contributed by atoms with Gasteiger partial charge in [-0.3, -0.25) is 0 Å². The molecule has 1 N–H and O–H groups in total. The molecule has 0 bridgehead atoms. The summed E-state index contributed by atoms with van der Waals surface area (Å²) in [5.41, 5.74) is 0. The van der Waals surface area contributed by atoms with Crippen molar-refractivity contribution in [1.29, 1.82) is 0 Å². The summed E-state index contributed by atoms with van der Waals surface area (Å²) in [7, 11) is 3.42. The molecule has 0 saturated heterocycles. The average Bonchev–Trinajstić information content (AvgIpc) is 2.43. The summed E-state index contributed by atoms with van der Waals surface area (Å²) in [5.74, 6) is 1.37. The second-order valence-electron chi connectivity index (χ2n) is 3.87. The molecular formula is C13H13Cl2N3OS. The molecule has 2 aromatic rings. The zero-order valence-electron chi connectivity index (χ0n) is 11.0. The molecule has 2 rings (SSSR count). The zero-order chi connectivity index (χ0) is 14.5. The quantitative estimate of drug-likeness (QED) is 0.836. The van der Waals surface area contributed by atoms with Crippen LogP contribution in [0, 0.1) is 0 Å². The van der Waals surface area contributed by atoms with Crippen molar-refractivity contribution in [3.8, 4) is 0 Å². The van der Waals surface area contributed by atoms with Gasteiger partial charge in [0.15, 0.2) is 5.82 Å². The van der Waals surface area contributed by atoms with Gasteiger partial charge in [-0.1, -0.05) is 35.0 Å². The van der Waals surface area contributed by atoms with E-state index in [4.69, 9.17) is 27.9 Å². The fraction of sp³-hybridized carbons (Fsp3) is 0.231. The Bertz CT molecular complexity index is 610. The van der Waals surface area contributed by atoms with Gasteiger partial charge in [0.1, 0.15) is 17.5 Å². The Kier molecular flexibility index (Phi) is 5.48. The number of methoxy groups -OCH3 is 1. The van der Waals surface area contributed by atoms with E-state index in [1.807, 2.05) is 25.2 Å². The maximum Gasteiger partial charge on any atom is 0.157 e. The predicted molar refractivity (Wildman–Crippen MR) is 82.9 cm³/mol. The van der Waals surface area contributed by atoms with Crippen molar-refractivity contribution < 1.29 is 4.74 Å². The van der Waals surface area contributed by atoms with Crippen LogP contribution in [0.25, 0.3) is 0 Å². The lowest BCUT2D eigenvalue weighted by molar-refractivity contribution is 0.177. The minimum Gasteiger partial charge on any atom is -0.377 e. The summed E-state index contributed by atoms with van der Waals surface area (Å²) in [5, 5.41) is 4.88. The number of rotatable bonds is 5. The molecule has 0 spiro atoms. The number of hydrogen-bond donors (Lipinski definition) is 1. The molecule has 0 aliphatic rings. The largest absolute Gasteiger partial charge is 0.377 e. The van der Waals surface area contributed by atoms with Gasteiger partial charge in [-0.2, -0.15) is 0 Å². The summed E-state index contributed by atoms with van der Waals surface area (Å²) in [6.07, 6.45) is 0. The summed E-state index contributed by atoms with van der Waals surface area (Å²) in [4.78, 5) is 9.70. The molecule has 7 heteroatoms. The number of benzene rings is 1. The molecule has 0 amide bonds. The van der Waals surface area contributed by atoms with Crippen LogP contribution in [0.3, 0.4) is 0 Å². The third kappa shape index (κ3) is 3.99. The topological polar surface area (TPSA) is 47.0 Å². The zero-order valence-corrected chi connectivity index (χ0v) is 13.3. The van der Waals surface area contributed by atoms with Crippen molar-refractivity contribution in [2.45, 2.75) is 16.5 Å². The number of hydrogen-bond acceptors (Lipinski definition) is 5. The van der Waals surface area contributed by atoms with Crippen LogP contribution in [0.15, 0.2) is 34.2 Å². The molecule has 1 aromatic carbocycles. The minimum atomic E-state index is 0.366. The molecule has 1 heterocycles. The molecule has 0 atom stereocenters. The third-order valence-electron chi connectivity index (χ3n) is 2.39. The van der Waals surface area contributed by atoms with Gasteiger partial charge in [0.25, 0.3) is 0 Å². The average molecular weight is 330 g/mol. The highest BCUT2D eigenvalue weighted by atomic mass is 35.5. The van der Waals surface area contributed by atoms with Crippen LogP contribution >= 0.6 is 35.0 Å². The van der Waals surface area contributed by atoms with E-state index >= 15 is 0 Å². The maximum atomic E-state index is 6.01. The van der Waals surface area contributed by atoms with Crippen molar-refractivity contribution in [3.05, 3.63) is 40.1 Å². The first kappa shape index (κ1) is 15.4. The summed E-state index contributed by atoms with van der Waals surface area (Å²) >= 11 is 13.4. The van der Waals surface area contributed by atoms with Gasteiger partial charge in [0.2, 0.25) is 0 Å². The van der Waals surface area contributed by atoms with E-state index in [0.717, 1.165) is 15.7 Å². The van der Waals surface area contributed by atoms with E-state index < -0.39 is 0 Å². The summed E-state index contributed by atoms with van der Waals surface area (Å²) < 4.78 is 5.07. The van der Waals surface area contributed by atoms with E-state index in [1.165, 1.54) is 11.8 Å². The smallest absolute Gasteiger partial charge is 0.157 e. The fourth-order valence-corrected chi connectivity index (χ4v) is 2.75. The van der Waals surface area contributed by atoms with Crippen LogP contribution in [0.2, 0.25) is 10.0 Å². The molecule has 4 nitrogen and oxygen atoms in total. The number of aromatic nitrogens is 2. The first-order valence-corrected chi connectivity index (χ1v) is 7.37. The first-order chi connectivity index (χ1) is 9.62. The molecule has 106 valence electrons. The van der Waals surface area contributed by atoms with E-state index in [0.29, 0.717) is 22.5 Å². The van der Waals surface area contributed by atoms with Crippen LogP contribution in [0.4, 0.5) is 5.82 Å². The van der Waals surface area contributed by atoms with Gasteiger partial charge in [0, 0.05) is 25.1 Å². The Hall–Kier alpha value is -1.01. The monoisotopic (exact) mass is 329 g/mol. The van der Waals surface area contributed by atoms with Gasteiger partial charge in [-0.05, 0) is 18.2 Å². The summed E-state index contributed by atoms with van der Waals surface area (Å²) in [6, 6.07) is 7.34. The van der Waals surface area contributed by atoms with Gasteiger partial charge in [-0.15, -0.1) is 0 Å². The Balaban J connectivity index is 2.27. The van der Waals surface area contributed by atoms with Gasteiger partial charge < -0.3 is 10.1 Å². The fourth-order valence-electron chi connectivity index (χ4n) is 1.51. The van der Waals surface area contributed by atoms with Gasteiger partial charge >= 0.3 is 0 Å². The number of ether oxygens (including phenoxy) is 1. The first-order valence-electron chi connectivity index (χ1n) is 5.80. The van der Waals surface area contributed by atoms with E-state index in [-0.39, 0.29) is 0 Å². The predicted octanol–water partition coefficient (Wildman–Crippen LogP) is 4.12. The second kappa shape index (κ2) is 7.13. The molecule has 0 fully saturated rings. The minimum absolute atomic E-state index is 0.366. The molecule has 0 unspecified atom stereocenters. The van der Waals surface area contributed by atoms with Crippen molar-refractivity contribution in [2.75, 3.05) is 19.5 Å². The Morgan fingerprint density at radius 3 is 2.65 bits per heavy atom. The van der Waals surface area contributed by atoms with Crippen molar-refractivity contribution in [2.24, 2.45) is 0 Å². The van der Waals surface area contributed by atoms with Gasteiger partial charge in [0.05, 0.1) is 10.0 Å². The lowest BCUT2D eigenvalue weighted by atomic mass is 10.4. The highest BCUT2D eigenvalue weighted by molar-refractivity contribution is 7.99. The van der Waals surface area contributed by atoms with Crippen LogP contribution < -0.4 is 5.32 Å². The second-order valence-corrected chi connectivity index (χ2v) is 5.78. The van der Waals surface area contributed by atoms with Crippen LogP contribution in [0.5, 0.6) is 0 Å². The number of halogens is 2. The van der Waals surface area contributed by atoms with Crippen LogP contribution in [-0.4, -0.2) is 24.1 Å². The van der Waals surface area contributed by atoms with Gasteiger partial charge in [-0.25, -0.2) is 9.97 Å². The highest BCUT2D eigenvalue weighted by Gasteiger charge is 2.07. The number of nitrogens with zero attached hydrogens (tertiary/aromatic N) is 2. The lowest BCUT2D eigenvalue weighted by Crippen LogP contribution is -2.02.